The number of carbonyl (C=O) groups is 2. The van der Waals surface area contributed by atoms with E-state index in [0.717, 1.165) is 5.56 Å². The van der Waals surface area contributed by atoms with Crippen LogP contribution in [0.3, 0.4) is 0 Å². The lowest BCUT2D eigenvalue weighted by atomic mass is 9.89. The standard InChI is InChI=1S/C17H20N4O4/c1-25-13-4-2-3-12(7-13)14-8-20(9-15(14)17(23)24)16(22)5-6-21-11-18-10-19-21/h2-4,7,10-11,14-15H,5-6,8-9H2,1H3,(H,23,24)/t14-,15+/m0/s1. The Bertz CT molecular complexity index is 747. The van der Waals surface area contributed by atoms with Crippen molar-refractivity contribution in [1.82, 2.24) is 19.7 Å². The second-order valence-electron chi connectivity index (χ2n) is 6.04. The van der Waals surface area contributed by atoms with Gasteiger partial charge in [-0.05, 0) is 17.7 Å². The van der Waals surface area contributed by atoms with Crippen molar-refractivity contribution in [2.75, 3.05) is 20.2 Å². The molecule has 8 heteroatoms. The van der Waals surface area contributed by atoms with Crippen LogP contribution in [0.1, 0.15) is 17.9 Å². The van der Waals surface area contributed by atoms with Gasteiger partial charge in [0.1, 0.15) is 18.4 Å². The summed E-state index contributed by atoms with van der Waals surface area (Å²) in [5, 5.41) is 13.5. The van der Waals surface area contributed by atoms with E-state index in [0.29, 0.717) is 18.8 Å². The van der Waals surface area contributed by atoms with Gasteiger partial charge in [0.15, 0.2) is 0 Å². The Balaban J connectivity index is 1.71. The molecule has 1 amide bonds. The molecule has 0 bridgehead atoms. The average molecular weight is 344 g/mol. The van der Waals surface area contributed by atoms with Gasteiger partial charge in [0.2, 0.25) is 5.91 Å². The minimum Gasteiger partial charge on any atom is -0.497 e. The molecule has 1 aromatic heterocycles. The quantitative estimate of drug-likeness (QED) is 0.840. The highest BCUT2D eigenvalue weighted by atomic mass is 16.5. The van der Waals surface area contributed by atoms with E-state index in [1.54, 1.807) is 23.0 Å². The molecule has 0 spiro atoms. The van der Waals surface area contributed by atoms with E-state index in [9.17, 15) is 14.7 Å². The molecule has 8 nitrogen and oxygen atoms in total. The molecule has 25 heavy (non-hydrogen) atoms. The molecule has 0 aliphatic carbocycles. The van der Waals surface area contributed by atoms with Gasteiger partial charge in [0.25, 0.3) is 0 Å². The first-order chi connectivity index (χ1) is 12.1. The first kappa shape index (κ1) is 16.9. The Morgan fingerprint density at radius 1 is 1.36 bits per heavy atom. The van der Waals surface area contributed by atoms with Crippen molar-refractivity contribution >= 4 is 11.9 Å². The van der Waals surface area contributed by atoms with Crippen molar-refractivity contribution < 1.29 is 19.4 Å². The Kier molecular flexibility index (Phi) is 4.97. The molecular weight excluding hydrogens is 324 g/mol. The lowest BCUT2D eigenvalue weighted by Gasteiger charge is -2.17. The van der Waals surface area contributed by atoms with Crippen molar-refractivity contribution in [2.45, 2.75) is 18.9 Å². The topological polar surface area (TPSA) is 97.5 Å². The van der Waals surface area contributed by atoms with Crippen LogP contribution in [-0.2, 0) is 16.1 Å². The minimum atomic E-state index is -0.889. The van der Waals surface area contributed by atoms with Crippen LogP contribution in [0.2, 0.25) is 0 Å². The van der Waals surface area contributed by atoms with Gasteiger partial charge in [-0.15, -0.1) is 0 Å². The molecule has 1 aliphatic heterocycles. The number of rotatable bonds is 6. The van der Waals surface area contributed by atoms with Gasteiger partial charge in [-0.25, -0.2) is 4.98 Å². The second kappa shape index (κ2) is 7.33. The maximum Gasteiger partial charge on any atom is 0.308 e. The number of carboxylic acid groups (broad SMARTS) is 1. The third-order valence-corrected chi connectivity index (χ3v) is 4.53. The van der Waals surface area contributed by atoms with Crippen molar-refractivity contribution in [3.05, 3.63) is 42.5 Å². The van der Waals surface area contributed by atoms with Gasteiger partial charge in [-0.3, -0.25) is 14.3 Å². The van der Waals surface area contributed by atoms with E-state index in [1.807, 2.05) is 24.3 Å². The third kappa shape index (κ3) is 3.78. The van der Waals surface area contributed by atoms with Crippen molar-refractivity contribution in [3.63, 3.8) is 0 Å². The molecular formula is C17H20N4O4. The van der Waals surface area contributed by atoms with Crippen LogP contribution < -0.4 is 4.74 Å². The minimum absolute atomic E-state index is 0.0767. The number of methoxy groups -OCH3 is 1. The van der Waals surface area contributed by atoms with E-state index in [-0.39, 0.29) is 24.8 Å². The van der Waals surface area contributed by atoms with Gasteiger partial charge >= 0.3 is 5.97 Å². The molecule has 2 heterocycles. The molecule has 1 saturated heterocycles. The van der Waals surface area contributed by atoms with Crippen LogP contribution in [0.15, 0.2) is 36.9 Å². The largest absolute Gasteiger partial charge is 0.497 e. The number of aryl methyl sites for hydroxylation is 1. The summed E-state index contributed by atoms with van der Waals surface area (Å²) in [6, 6.07) is 7.37. The number of carbonyl (C=O) groups excluding carboxylic acids is 1. The van der Waals surface area contributed by atoms with Gasteiger partial charge in [-0.2, -0.15) is 5.10 Å². The van der Waals surface area contributed by atoms with Gasteiger partial charge in [0.05, 0.1) is 19.6 Å². The van der Waals surface area contributed by atoms with Crippen LogP contribution in [0.5, 0.6) is 5.75 Å². The smallest absolute Gasteiger partial charge is 0.308 e. The summed E-state index contributed by atoms with van der Waals surface area (Å²) in [6.07, 6.45) is 3.23. The SMILES string of the molecule is COc1cccc([C@@H]2CN(C(=O)CCn3cncn3)C[C@H]2C(=O)O)c1. The molecule has 2 aromatic rings. The average Bonchev–Trinajstić information content (AvgIpc) is 3.29. The molecule has 0 radical (unpaired) electrons. The van der Waals surface area contributed by atoms with E-state index < -0.39 is 11.9 Å². The van der Waals surface area contributed by atoms with Crippen molar-refractivity contribution in [3.8, 4) is 5.75 Å². The fourth-order valence-electron chi connectivity index (χ4n) is 3.18. The number of amides is 1. The van der Waals surface area contributed by atoms with Crippen LogP contribution in [0.25, 0.3) is 0 Å². The number of likely N-dealkylation sites (tertiary alicyclic amines) is 1. The zero-order valence-corrected chi connectivity index (χ0v) is 13.9. The number of hydrogen-bond donors (Lipinski definition) is 1. The van der Waals surface area contributed by atoms with Crippen LogP contribution in [-0.4, -0.2) is 56.8 Å². The molecule has 0 saturated carbocycles. The second-order valence-corrected chi connectivity index (χ2v) is 6.04. The Labute approximate surface area is 145 Å². The fourth-order valence-corrected chi connectivity index (χ4v) is 3.18. The van der Waals surface area contributed by atoms with Gasteiger partial charge in [-0.1, -0.05) is 12.1 Å². The Morgan fingerprint density at radius 3 is 2.88 bits per heavy atom. The zero-order chi connectivity index (χ0) is 17.8. The summed E-state index contributed by atoms with van der Waals surface area (Å²) in [5.41, 5.74) is 0.873. The molecule has 1 N–H and O–H groups in total. The molecule has 3 rings (SSSR count). The summed E-state index contributed by atoms with van der Waals surface area (Å²) in [5.74, 6) is -1.16. The number of carboxylic acids is 1. The molecule has 2 atom stereocenters. The number of aromatic nitrogens is 3. The normalized spacial score (nSPS) is 19.8. The first-order valence-corrected chi connectivity index (χ1v) is 8.05. The predicted molar refractivity (Wildman–Crippen MR) is 88.1 cm³/mol. The van der Waals surface area contributed by atoms with E-state index >= 15 is 0 Å². The summed E-state index contributed by atoms with van der Waals surface area (Å²) < 4.78 is 6.81. The lowest BCUT2D eigenvalue weighted by Crippen LogP contribution is -2.30. The molecule has 0 unspecified atom stereocenters. The zero-order valence-electron chi connectivity index (χ0n) is 13.9. The molecule has 1 fully saturated rings. The third-order valence-electron chi connectivity index (χ3n) is 4.53. The van der Waals surface area contributed by atoms with Crippen LogP contribution in [0, 0.1) is 5.92 Å². The number of ether oxygens (including phenoxy) is 1. The highest BCUT2D eigenvalue weighted by Crippen LogP contribution is 2.34. The van der Waals surface area contributed by atoms with Crippen LogP contribution >= 0.6 is 0 Å². The maximum absolute atomic E-state index is 12.5. The van der Waals surface area contributed by atoms with Gasteiger partial charge < -0.3 is 14.7 Å². The molecule has 1 aromatic carbocycles. The summed E-state index contributed by atoms with van der Waals surface area (Å²) in [7, 11) is 1.57. The molecule has 132 valence electrons. The summed E-state index contributed by atoms with van der Waals surface area (Å²) >= 11 is 0. The number of hydrogen-bond acceptors (Lipinski definition) is 5. The van der Waals surface area contributed by atoms with Crippen molar-refractivity contribution in [2.24, 2.45) is 5.92 Å². The number of benzene rings is 1. The van der Waals surface area contributed by atoms with Crippen molar-refractivity contribution in [1.29, 1.82) is 0 Å². The van der Waals surface area contributed by atoms with E-state index in [4.69, 9.17) is 4.74 Å². The first-order valence-electron chi connectivity index (χ1n) is 8.05. The number of nitrogens with zero attached hydrogens (tertiary/aromatic N) is 4. The van der Waals surface area contributed by atoms with E-state index in [2.05, 4.69) is 10.1 Å². The van der Waals surface area contributed by atoms with Gasteiger partial charge in [0, 0.05) is 25.4 Å². The fraction of sp³-hybridized carbons (Fsp3) is 0.412. The molecule has 1 aliphatic rings. The Hall–Kier alpha value is -2.90. The van der Waals surface area contributed by atoms with E-state index in [1.165, 1.54) is 6.33 Å². The monoisotopic (exact) mass is 344 g/mol. The highest BCUT2D eigenvalue weighted by Gasteiger charge is 2.40. The summed E-state index contributed by atoms with van der Waals surface area (Å²) in [4.78, 5) is 29.6. The highest BCUT2D eigenvalue weighted by molar-refractivity contribution is 5.79. The predicted octanol–water partition coefficient (Wildman–Crippen LogP) is 1.00. The maximum atomic E-state index is 12.5. The lowest BCUT2D eigenvalue weighted by molar-refractivity contribution is -0.141. The number of aliphatic carboxylic acids is 1. The van der Waals surface area contributed by atoms with Crippen LogP contribution in [0.4, 0.5) is 0 Å². The summed E-state index contributed by atoms with van der Waals surface area (Å²) in [6.45, 7) is 1.03. The Morgan fingerprint density at radius 2 is 2.20 bits per heavy atom.